The van der Waals surface area contributed by atoms with Crippen LogP contribution in [0.3, 0.4) is 0 Å². The fourth-order valence-electron chi connectivity index (χ4n) is 1.04. The Balaban J connectivity index is 1.92. The van der Waals surface area contributed by atoms with Gasteiger partial charge in [0.05, 0.1) is 6.61 Å². The summed E-state index contributed by atoms with van der Waals surface area (Å²) in [6.07, 6.45) is 4.15. The smallest absolute Gasteiger partial charge is 0.0525 e. The van der Waals surface area contributed by atoms with Crippen LogP contribution in [-0.2, 0) is 4.74 Å². The lowest BCUT2D eigenvalue weighted by molar-refractivity contribution is 0.0700. The van der Waals surface area contributed by atoms with Gasteiger partial charge in [-0.3, -0.25) is 0 Å². The molecule has 12 heavy (non-hydrogen) atoms. The molecule has 0 aromatic heterocycles. The number of hydrogen-bond donors (Lipinski definition) is 0. The van der Waals surface area contributed by atoms with E-state index in [0.29, 0.717) is 5.41 Å². The molecule has 0 aromatic rings. The summed E-state index contributed by atoms with van der Waals surface area (Å²) in [5, 5.41) is 1.02. The van der Waals surface area contributed by atoms with Crippen LogP contribution < -0.4 is 0 Å². The van der Waals surface area contributed by atoms with E-state index in [4.69, 9.17) is 4.74 Å². The lowest BCUT2D eigenvalue weighted by Crippen LogP contribution is -2.21. The molecule has 0 amide bonds. The van der Waals surface area contributed by atoms with E-state index in [1.54, 1.807) is 0 Å². The first-order valence-electron chi connectivity index (χ1n) is 4.78. The number of alkyl halides is 1. The fraction of sp³-hybridized carbons (Fsp3) is 1.00. The van der Waals surface area contributed by atoms with Gasteiger partial charge < -0.3 is 4.74 Å². The first-order valence-corrected chi connectivity index (χ1v) is 5.90. The Morgan fingerprint density at radius 3 is 2.58 bits per heavy atom. The molecule has 2 heteroatoms. The Labute approximate surface area is 84.0 Å². The molecule has 0 radical (unpaired) electrons. The SMILES string of the molecule is CC(C)(CBr)COCCC1CC1. The summed E-state index contributed by atoms with van der Waals surface area (Å²) in [6.45, 7) is 6.28. The third-order valence-electron chi connectivity index (χ3n) is 2.22. The molecule has 1 rings (SSSR count). The van der Waals surface area contributed by atoms with Crippen molar-refractivity contribution in [2.45, 2.75) is 33.1 Å². The standard InChI is InChI=1S/C10H19BrO/c1-10(2,7-11)8-12-6-5-9-3-4-9/h9H,3-8H2,1-2H3. The van der Waals surface area contributed by atoms with Crippen LogP contribution >= 0.6 is 15.9 Å². The van der Waals surface area contributed by atoms with Crippen molar-refractivity contribution in [2.24, 2.45) is 11.3 Å². The molecule has 1 aliphatic carbocycles. The molecule has 0 N–H and O–H groups in total. The van der Waals surface area contributed by atoms with Crippen molar-refractivity contribution in [1.82, 2.24) is 0 Å². The van der Waals surface area contributed by atoms with Crippen molar-refractivity contribution < 1.29 is 4.74 Å². The van der Waals surface area contributed by atoms with E-state index in [1.165, 1.54) is 19.3 Å². The van der Waals surface area contributed by atoms with Crippen molar-refractivity contribution in [2.75, 3.05) is 18.5 Å². The lowest BCUT2D eigenvalue weighted by atomic mass is 9.98. The van der Waals surface area contributed by atoms with Crippen LogP contribution in [0.15, 0.2) is 0 Å². The predicted molar refractivity (Wildman–Crippen MR) is 55.7 cm³/mol. The van der Waals surface area contributed by atoms with Gasteiger partial charge in [-0.05, 0) is 17.8 Å². The van der Waals surface area contributed by atoms with Gasteiger partial charge in [0.2, 0.25) is 0 Å². The molecule has 0 saturated heterocycles. The maximum Gasteiger partial charge on any atom is 0.0525 e. The van der Waals surface area contributed by atoms with Crippen LogP contribution in [0.5, 0.6) is 0 Å². The van der Waals surface area contributed by atoms with Gasteiger partial charge in [0.25, 0.3) is 0 Å². The van der Waals surface area contributed by atoms with Crippen LogP contribution in [0.2, 0.25) is 0 Å². The fourth-order valence-corrected chi connectivity index (χ4v) is 1.21. The summed E-state index contributed by atoms with van der Waals surface area (Å²) < 4.78 is 5.61. The van der Waals surface area contributed by atoms with Crippen molar-refractivity contribution in [3.63, 3.8) is 0 Å². The second kappa shape index (κ2) is 4.61. The summed E-state index contributed by atoms with van der Waals surface area (Å²) in [5.41, 5.74) is 0.295. The Bertz CT molecular complexity index is 130. The molecule has 1 fully saturated rings. The molecule has 0 atom stereocenters. The summed E-state index contributed by atoms with van der Waals surface area (Å²) in [5.74, 6) is 0.997. The minimum atomic E-state index is 0.295. The molecule has 0 spiro atoms. The third-order valence-corrected chi connectivity index (χ3v) is 3.74. The van der Waals surface area contributed by atoms with Crippen LogP contribution in [0.25, 0.3) is 0 Å². The van der Waals surface area contributed by atoms with Gasteiger partial charge in [0.15, 0.2) is 0 Å². The Morgan fingerprint density at radius 1 is 1.42 bits per heavy atom. The monoisotopic (exact) mass is 234 g/mol. The van der Waals surface area contributed by atoms with Crippen LogP contribution in [0, 0.1) is 11.3 Å². The molecule has 1 nitrogen and oxygen atoms in total. The van der Waals surface area contributed by atoms with Crippen molar-refractivity contribution in [1.29, 1.82) is 0 Å². The average Bonchev–Trinajstić information content (AvgIpc) is 2.82. The van der Waals surface area contributed by atoms with Gasteiger partial charge in [0, 0.05) is 11.9 Å². The molecular weight excluding hydrogens is 216 g/mol. The van der Waals surface area contributed by atoms with Gasteiger partial charge in [-0.25, -0.2) is 0 Å². The van der Waals surface area contributed by atoms with E-state index < -0.39 is 0 Å². The van der Waals surface area contributed by atoms with E-state index in [9.17, 15) is 0 Å². The maximum absolute atomic E-state index is 5.61. The zero-order valence-corrected chi connectivity index (χ0v) is 9.69. The largest absolute Gasteiger partial charge is 0.381 e. The minimum absolute atomic E-state index is 0.295. The maximum atomic E-state index is 5.61. The van der Waals surface area contributed by atoms with Crippen LogP contribution in [0.1, 0.15) is 33.1 Å². The highest BCUT2D eigenvalue weighted by atomic mass is 79.9. The average molecular weight is 235 g/mol. The zero-order valence-electron chi connectivity index (χ0n) is 8.11. The molecule has 72 valence electrons. The van der Waals surface area contributed by atoms with E-state index >= 15 is 0 Å². The molecule has 0 bridgehead atoms. The van der Waals surface area contributed by atoms with Gasteiger partial charge in [-0.1, -0.05) is 42.6 Å². The second-order valence-electron chi connectivity index (χ2n) is 4.58. The lowest BCUT2D eigenvalue weighted by Gasteiger charge is -2.21. The van der Waals surface area contributed by atoms with Gasteiger partial charge in [-0.15, -0.1) is 0 Å². The summed E-state index contributed by atoms with van der Waals surface area (Å²) in [4.78, 5) is 0. The van der Waals surface area contributed by atoms with E-state index in [1.807, 2.05) is 0 Å². The predicted octanol–water partition coefficient (Wildman–Crippen LogP) is 3.22. The van der Waals surface area contributed by atoms with Gasteiger partial charge >= 0.3 is 0 Å². The van der Waals surface area contributed by atoms with Gasteiger partial charge in [0.1, 0.15) is 0 Å². The molecule has 1 aliphatic rings. The van der Waals surface area contributed by atoms with E-state index in [0.717, 1.165) is 24.5 Å². The Kier molecular flexibility index (Phi) is 4.04. The quantitative estimate of drug-likeness (QED) is 0.507. The first-order chi connectivity index (χ1) is 5.64. The minimum Gasteiger partial charge on any atom is -0.381 e. The third kappa shape index (κ3) is 4.46. The van der Waals surface area contributed by atoms with Crippen molar-refractivity contribution in [3.05, 3.63) is 0 Å². The second-order valence-corrected chi connectivity index (χ2v) is 5.14. The number of halogens is 1. The number of rotatable bonds is 6. The van der Waals surface area contributed by atoms with Crippen LogP contribution in [-0.4, -0.2) is 18.5 Å². The van der Waals surface area contributed by atoms with E-state index in [2.05, 4.69) is 29.8 Å². The molecule has 0 unspecified atom stereocenters. The van der Waals surface area contributed by atoms with Crippen LogP contribution in [0.4, 0.5) is 0 Å². The normalized spacial score (nSPS) is 18.2. The topological polar surface area (TPSA) is 9.23 Å². The Morgan fingerprint density at radius 2 is 2.08 bits per heavy atom. The highest BCUT2D eigenvalue weighted by Gasteiger charge is 2.21. The van der Waals surface area contributed by atoms with E-state index in [-0.39, 0.29) is 0 Å². The summed E-state index contributed by atoms with van der Waals surface area (Å²) in [6, 6.07) is 0. The molecule has 0 aromatic carbocycles. The Hall–Kier alpha value is 0.440. The molecule has 0 aliphatic heterocycles. The summed E-state index contributed by atoms with van der Waals surface area (Å²) in [7, 11) is 0. The van der Waals surface area contributed by atoms with Crippen molar-refractivity contribution >= 4 is 15.9 Å². The molecular formula is C10H19BrO. The number of hydrogen-bond acceptors (Lipinski definition) is 1. The number of ether oxygens (including phenoxy) is 1. The molecule has 1 saturated carbocycles. The first kappa shape index (κ1) is 10.5. The zero-order chi connectivity index (χ0) is 9.03. The van der Waals surface area contributed by atoms with Gasteiger partial charge in [-0.2, -0.15) is 0 Å². The molecule has 0 heterocycles. The highest BCUT2D eigenvalue weighted by molar-refractivity contribution is 9.09. The van der Waals surface area contributed by atoms with Crippen molar-refractivity contribution in [3.8, 4) is 0 Å². The highest BCUT2D eigenvalue weighted by Crippen LogP contribution is 2.32. The summed E-state index contributed by atoms with van der Waals surface area (Å²) >= 11 is 3.48.